The highest BCUT2D eigenvalue weighted by molar-refractivity contribution is 6.01. The predicted molar refractivity (Wildman–Crippen MR) is 303 cm³/mol. The third-order valence-corrected chi connectivity index (χ3v) is 22.3. The Morgan fingerprint density at radius 2 is 1.57 bits per heavy atom. The number of likely N-dealkylation sites (N-methyl/N-ethyl adjacent to an activating group) is 2. The Hall–Kier alpha value is -2.54. The van der Waals surface area contributed by atoms with Crippen molar-refractivity contribution in [3.8, 4) is 0 Å². The van der Waals surface area contributed by atoms with Gasteiger partial charge in [-0.3, -0.25) is 14.4 Å². The molecule has 0 aromatic heterocycles. The second-order valence-corrected chi connectivity index (χ2v) is 28.0. The summed E-state index contributed by atoms with van der Waals surface area (Å²) in [6, 6.07) is -0.956. The summed E-state index contributed by atoms with van der Waals surface area (Å²) in [7, 11) is 7.01. The molecule has 6 fully saturated rings. The second-order valence-electron chi connectivity index (χ2n) is 28.0. The van der Waals surface area contributed by atoms with Gasteiger partial charge in [0.05, 0.1) is 42.0 Å². The van der Waals surface area contributed by atoms with E-state index >= 15 is 4.39 Å². The number of halogens is 1. The van der Waals surface area contributed by atoms with Crippen molar-refractivity contribution >= 4 is 17.7 Å². The minimum Gasteiger partial charge on any atom is -0.459 e. The van der Waals surface area contributed by atoms with E-state index in [2.05, 4.69) is 5.32 Å². The highest BCUT2D eigenvalue weighted by atomic mass is 19.1. The van der Waals surface area contributed by atoms with Gasteiger partial charge in [-0.2, -0.15) is 0 Å². The van der Waals surface area contributed by atoms with Crippen LogP contribution >= 0.6 is 0 Å². The normalized spacial score (nSPS) is 50.8. The number of hydrogen-bond acceptors (Lipinski definition) is 18. The van der Waals surface area contributed by atoms with E-state index in [4.69, 9.17) is 28.4 Å². The summed E-state index contributed by atoms with van der Waals surface area (Å²) >= 11 is 0. The molecule has 470 valence electrons. The highest BCUT2D eigenvalue weighted by Crippen LogP contribution is 2.70. The Bertz CT molecular complexity index is 2360. The number of amides is 1. The van der Waals surface area contributed by atoms with E-state index in [-0.39, 0.29) is 68.9 Å². The van der Waals surface area contributed by atoms with Gasteiger partial charge in [0.2, 0.25) is 0 Å². The fraction of sp³-hybridized carbons (Fsp3) is 0.887. The molecule has 3 aliphatic heterocycles. The molecule has 19 nitrogen and oxygen atoms in total. The Labute approximate surface area is 487 Å². The lowest BCUT2D eigenvalue weighted by atomic mass is 9.44. The molecule has 26 atom stereocenters. The molecule has 20 heteroatoms. The number of carbonyl (C=O) groups is 3. The number of fused-ring (bicyclic) bond motifs is 5. The first-order chi connectivity index (χ1) is 37.9. The number of nitrogens with zero attached hydrogens (tertiary/aromatic N) is 2. The molecule has 0 spiro atoms. The number of nitrogens with one attached hydrogen (secondary N) is 1. The smallest absolute Gasteiger partial charge is 0.311 e. The lowest BCUT2D eigenvalue weighted by Crippen LogP contribution is -2.70. The number of allylic oxidation sites excluding steroid dienone is 4. The molecular weight excluding hydrogens is 1060 g/mol. The van der Waals surface area contributed by atoms with Crippen LogP contribution in [0.4, 0.5) is 4.39 Å². The maximum absolute atomic E-state index is 17.9. The molecule has 1 amide bonds. The quantitative estimate of drug-likeness (QED) is 0.0987. The van der Waals surface area contributed by atoms with Crippen molar-refractivity contribution in [2.75, 3.05) is 41.3 Å². The molecule has 4 aliphatic carbocycles. The number of hydrogen-bond donors (Lipinski definition) is 8. The molecule has 4 unspecified atom stereocenters. The summed E-state index contributed by atoms with van der Waals surface area (Å²) in [6.07, 6.45) is -4.78. The van der Waals surface area contributed by atoms with Crippen molar-refractivity contribution in [2.24, 2.45) is 46.3 Å². The molecule has 82 heavy (non-hydrogen) atoms. The van der Waals surface area contributed by atoms with Crippen LogP contribution in [-0.2, 0) is 42.8 Å². The summed E-state index contributed by atoms with van der Waals surface area (Å²) in [5.41, 5.74) is -12.5. The number of ether oxygens (including phenoxy) is 6. The third kappa shape index (κ3) is 11.4. The summed E-state index contributed by atoms with van der Waals surface area (Å²) in [5, 5.41) is 88.7. The van der Waals surface area contributed by atoms with Gasteiger partial charge in [-0.05, 0) is 164 Å². The zero-order chi connectivity index (χ0) is 61.4. The van der Waals surface area contributed by atoms with Gasteiger partial charge in [0.25, 0.3) is 5.91 Å². The molecule has 3 saturated heterocycles. The fourth-order valence-corrected chi connectivity index (χ4v) is 17.0. The number of esters is 1. The van der Waals surface area contributed by atoms with E-state index in [1.807, 2.05) is 44.8 Å². The number of carbonyl (C=O) groups excluding carboxylic acids is 3. The Morgan fingerprint density at radius 3 is 2.20 bits per heavy atom. The summed E-state index contributed by atoms with van der Waals surface area (Å²) in [6.45, 7) is 23.0. The van der Waals surface area contributed by atoms with Gasteiger partial charge >= 0.3 is 5.97 Å². The number of cyclic esters (lactones) is 1. The van der Waals surface area contributed by atoms with Crippen LogP contribution in [0.2, 0.25) is 0 Å². The number of alkyl halides is 1. The molecule has 7 rings (SSSR count). The van der Waals surface area contributed by atoms with Gasteiger partial charge in [0, 0.05) is 61.4 Å². The molecule has 3 heterocycles. The van der Waals surface area contributed by atoms with Crippen molar-refractivity contribution in [3.05, 3.63) is 23.8 Å². The van der Waals surface area contributed by atoms with E-state index in [9.17, 15) is 50.1 Å². The summed E-state index contributed by atoms with van der Waals surface area (Å²) in [4.78, 5) is 45.4. The zero-order valence-corrected chi connectivity index (χ0v) is 52.2. The maximum atomic E-state index is 17.9. The minimum absolute atomic E-state index is 0.0257. The van der Waals surface area contributed by atoms with Crippen LogP contribution in [0, 0.1) is 46.3 Å². The van der Waals surface area contributed by atoms with Crippen molar-refractivity contribution in [3.63, 3.8) is 0 Å². The highest BCUT2D eigenvalue weighted by Gasteiger charge is 2.76. The molecule has 0 aromatic carbocycles. The third-order valence-electron chi connectivity index (χ3n) is 22.3. The lowest BCUT2D eigenvalue weighted by Gasteiger charge is -2.62. The SMILES string of the molecule is CC[C@H]1OC(=O)[C@H](C)[C@@H](OC2C[C@@](C)(OC)[C@](O)(CCCNC(=O)[C@@]3(O)[C@H](C)CC4C5CCC6=CC(=O)C=C[C@]6(C)[C@@]5(F)[C@@H](O)C[C@@]43C)[C@H](C)O2)[C@@H](C)[C@@H](OC2O[C@H](C)C[C@H](N(C)C)[C@H]2O)[C@](C)(O)C[C@@H](C)CN(C)[C@H](C)[C@@H](O)[C@]1(C)O. The summed E-state index contributed by atoms with van der Waals surface area (Å²) < 4.78 is 57.0. The first kappa shape index (κ1) is 67.0. The van der Waals surface area contributed by atoms with Gasteiger partial charge in [-0.25, -0.2) is 4.39 Å². The maximum Gasteiger partial charge on any atom is 0.311 e. The van der Waals surface area contributed by atoms with E-state index in [0.29, 0.717) is 37.8 Å². The number of rotatable bonds is 12. The van der Waals surface area contributed by atoms with Gasteiger partial charge < -0.3 is 79.3 Å². The van der Waals surface area contributed by atoms with Crippen LogP contribution < -0.4 is 5.32 Å². The number of ketones is 1. The van der Waals surface area contributed by atoms with Crippen LogP contribution in [0.3, 0.4) is 0 Å². The Balaban J connectivity index is 1.12. The molecule has 0 radical (unpaired) electrons. The summed E-state index contributed by atoms with van der Waals surface area (Å²) in [5.74, 6) is -5.61. The molecule has 3 saturated carbocycles. The van der Waals surface area contributed by atoms with Crippen LogP contribution in [0.5, 0.6) is 0 Å². The van der Waals surface area contributed by atoms with Crippen molar-refractivity contribution < 1.29 is 82.9 Å². The average molecular weight is 1170 g/mol. The second kappa shape index (κ2) is 24.2. The van der Waals surface area contributed by atoms with Crippen LogP contribution in [0.15, 0.2) is 23.8 Å². The van der Waals surface area contributed by atoms with Crippen LogP contribution in [-0.4, -0.2) is 212 Å². The molecule has 8 N–H and O–H groups in total. The lowest BCUT2D eigenvalue weighted by molar-refractivity contribution is -0.338. The van der Waals surface area contributed by atoms with Crippen molar-refractivity contribution in [1.29, 1.82) is 0 Å². The molecule has 0 aromatic rings. The largest absolute Gasteiger partial charge is 0.459 e. The van der Waals surface area contributed by atoms with Gasteiger partial charge in [-0.1, -0.05) is 46.3 Å². The Kier molecular flexibility index (Phi) is 19.8. The van der Waals surface area contributed by atoms with E-state index in [1.54, 1.807) is 75.3 Å². The van der Waals surface area contributed by atoms with Crippen molar-refractivity contribution in [1.82, 2.24) is 15.1 Å². The number of aliphatic hydroxyl groups is 7. The van der Waals surface area contributed by atoms with Crippen LogP contribution in [0.25, 0.3) is 0 Å². The Morgan fingerprint density at radius 1 is 0.915 bits per heavy atom. The van der Waals surface area contributed by atoms with E-state index in [0.717, 1.165) is 0 Å². The fourth-order valence-electron chi connectivity index (χ4n) is 17.0. The predicted octanol–water partition coefficient (Wildman–Crippen LogP) is 4.52. The van der Waals surface area contributed by atoms with E-state index < -0.39 is 147 Å². The first-order valence-electron chi connectivity index (χ1n) is 30.5. The number of aliphatic hydroxyl groups excluding tert-OH is 3. The standard InChI is InChI=1S/C62H104FN3O16/c1-18-46-59(13,74)50(70)38(7)66(16)32-33(2)29-57(11,73)51(82-53-48(69)44(65(14)15)27-35(4)78-53)36(5)49(37(6)52(71)80-46)81-47-31-58(12,77-17)60(75,39(8)79-47)23-19-25-64-54(72)62(76)34(3)26-43-42-21-20-40-28-41(67)22-24-55(40,9)61(42,63)45(68)30-56(43,62)10/h22,24,28,33-39,42-51,53,68-70,73-76H,18-21,23,25-27,29-32H2,1-17H3,(H,64,72)/t33-,34-,35-,36-,37-,38-,39+,42?,43?,44+,45+,46-,47?,48-,49+,50-,51-,53?,55+,56+,57-,58-,59-,60+,61+,62+/m1/s1. The zero-order valence-electron chi connectivity index (χ0n) is 52.2. The van der Waals surface area contributed by atoms with Gasteiger partial charge in [-0.15, -0.1) is 0 Å². The average Bonchev–Trinajstić information content (AvgIpc) is 2.81. The first-order valence-corrected chi connectivity index (χ1v) is 30.5. The molecule has 0 bridgehead atoms. The molecular formula is C62H104FN3O16. The topological polar surface area (TPSA) is 267 Å². The van der Waals surface area contributed by atoms with Crippen molar-refractivity contribution in [2.45, 2.75) is 261 Å². The van der Waals surface area contributed by atoms with E-state index in [1.165, 1.54) is 26.2 Å². The van der Waals surface area contributed by atoms with Gasteiger partial charge in [0.1, 0.15) is 35.1 Å². The monoisotopic (exact) mass is 1170 g/mol. The minimum atomic E-state index is -2.12. The van der Waals surface area contributed by atoms with Crippen LogP contribution in [0.1, 0.15) is 154 Å². The molecule has 7 aliphatic rings. The van der Waals surface area contributed by atoms with Gasteiger partial charge in [0.15, 0.2) is 29.6 Å². The number of methoxy groups -OCH3 is 1.